The molecule has 1 unspecified atom stereocenters. The summed E-state index contributed by atoms with van der Waals surface area (Å²) in [6.07, 6.45) is 3.49. The van der Waals surface area contributed by atoms with E-state index < -0.39 is 5.97 Å². The highest BCUT2D eigenvalue weighted by Gasteiger charge is 2.11. The van der Waals surface area contributed by atoms with Gasteiger partial charge in [-0.25, -0.2) is 9.78 Å². The maximum absolute atomic E-state index is 10.8. The third kappa shape index (κ3) is 4.01. The first-order valence-electron chi connectivity index (χ1n) is 5.74. The minimum Gasteiger partial charge on any atom is -0.478 e. The molecule has 0 aromatic carbocycles. The molecule has 5 nitrogen and oxygen atoms in total. The monoisotopic (exact) mass is 238 g/mol. The van der Waals surface area contributed by atoms with E-state index in [1.165, 1.54) is 6.20 Å². The topological polar surface area (TPSA) is 72.3 Å². The molecule has 1 heterocycles. The Bertz CT molecular complexity index is 393. The summed E-state index contributed by atoms with van der Waals surface area (Å²) >= 11 is 0. The Morgan fingerprint density at radius 2 is 2.29 bits per heavy atom. The zero-order valence-electron chi connectivity index (χ0n) is 10.4. The van der Waals surface area contributed by atoms with Crippen molar-refractivity contribution in [3.8, 4) is 6.01 Å². The first-order chi connectivity index (χ1) is 8.04. The van der Waals surface area contributed by atoms with Gasteiger partial charge in [-0.3, -0.25) is 0 Å². The maximum Gasteiger partial charge on any atom is 0.339 e. The van der Waals surface area contributed by atoms with Crippen LogP contribution < -0.4 is 4.74 Å². The summed E-state index contributed by atoms with van der Waals surface area (Å²) in [7, 11) is 0. The van der Waals surface area contributed by atoms with Crippen molar-refractivity contribution in [2.45, 2.75) is 33.6 Å². The van der Waals surface area contributed by atoms with E-state index in [9.17, 15) is 4.79 Å². The second kappa shape index (κ2) is 6.18. The zero-order valence-corrected chi connectivity index (χ0v) is 10.4. The van der Waals surface area contributed by atoms with E-state index in [0.29, 0.717) is 18.2 Å². The number of nitrogens with zero attached hydrogens (tertiary/aromatic N) is 2. The number of carbonyl (C=O) groups is 1. The molecule has 0 amide bonds. The Kier molecular flexibility index (Phi) is 4.87. The fourth-order valence-electron chi connectivity index (χ4n) is 1.52. The Labute approximate surface area is 101 Å². The number of carboxylic acids is 1. The molecule has 1 rings (SSSR count). The number of ether oxygens (including phenoxy) is 1. The molecule has 0 bridgehead atoms. The molecule has 0 aliphatic carbocycles. The van der Waals surface area contributed by atoms with Crippen LogP contribution in [0.15, 0.2) is 6.20 Å². The van der Waals surface area contributed by atoms with Gasteiger partial charge in [-0.2, -0.15) is 4.98 Å². The Morgan fingerprint density at radius 1 is 1.59 bits per heavy atom. The quantitative estimate of drug-likeness (QED) is 0.823. The summed E-state index contributed by atoms with van der Waals surface area (Å²) in [5.41, 5.74) is 0.532. The lowest BCUT2D eigenvalue weighted by Crippen LogP contribution is -2.11. The second-order valence-corrected chi connectivity index (χ2v) is 4.16. The van der Waals surface area contributed by atoms with Crippen molar-refractivity contribution in [1.82, 2.24) is 9.97 Å². The van der Waals surface area contributed by atoms with Crippen LogP contribution in [0.5, 0.6) is 6.01 Å². The van der Waals surface area contributed by atoms with E-state index in [0.717, 1.165) is 12.8 Å². The van der Waals surface area contributed by atoms with Gasteiger partial charge in [0.2, 0.25) is 0 Å². The van der Waals surface area contributed by atoms with Crippen LogP contribution in [0.1, 0.15) is 42.7 Å². The summed E-state index contributed by atoms with van der Waals surface area (Å²) in [4.78, 5) is 18.7. The molecule has 1 aromatic rings. The van der Waals surface area contributed by atoms with Gasteiger partial charge < -0.3 is 9.84 Å². The Hall–Kier alpha value is -1.65. The summed E-state index contributed by atoms with van der Waals surface area (Å²) in [6.45, 7) is 6.41. The van der Waals surface area contributed by atoms with Gasteiger partial charge in [-0.15, -0.1) is 0 Å². The van der Waals surface area contributed by atoms with Crippen molar-refractivity contribution >= 4 is 5.97 Å². The Balaban J connectivity index is 2.62. The molecule has 0 spiro atoms. The summed E-state index contributed by atoms with van der Waals surface area (Å²) in [5, 5.41) is 8.82. The van der Waals surface area contributed by atoms with Crippen molar-refractivity contribution < 1.29 is 14.6 Å². The van der Waals surface area contributed by atoms with Gasteiger partial charge in [0.15, 0.2) is 0 Å². The smallest absolute Gasteiger partial charge is 0.339 e. The predicted octanol–water partition coefficient (Wildman–Crippen LogP) is 2.30. The Morgan fingerprint density at radius 3 is 2.82 bits per heavy atom. The lowest BCUT2D eigenvalue weighted by atomic mass is 10.1. The molecule has 1 aromatic heterocycles. The van der Waals surface area contributed by atoms with Crippen LogP contribution >= 0.6 is 0 Å². The van der Waals surface area contributed by atoms with Crippen LogP contribution in [0.3, 0.4) is 0 Å². The third-order valence-electron chi connectivity index (χ3n) is 2.47. The molecular weight excluding hydrogens is 220 g/mol. The summed E-state index contributed by atoms with van der Waals surface area (Å²) < 4.78 is 5.42. The fraction of sp³-hybridized carbons (Fsp3) is 0.583. The van der Waals surface area contributed by atoms with E-state index in [-0.39, 0.29) is 11.6 Å². The number of hydrogen-bond acceptors (Lipinski definition) is 4. The van der Waals surface area contributed by atoms with Crippen molar-refractivity contribution in [1.29, 1.82) is 0 Å². The lowest BCUT2D eigenvalue weighted by molar-refractivity contribution is 0.0694. The number of aromatic nitrogens is 2. The number of aryl methyl sites for hydroxylation is 1. The predicted molar refractivity (Wildman–Crippen MR) is 63.3 cm³/mol. The number of rotatable bonds is 6. The molecular formula is C12H18N2O3. The molecule has 0 saturated heterocycles. The van der Waals surface area contributed by atoms with E-state index in [1.54, 1.807) is 6.92 Å². The van der Waals surface area contributed by atoms with Gasteiger partial charge in [-0.05, 0) is 19.3 Å². The first kappa shape index (κ1) is 13.4. The lowest BCUT2D eigenvalue weighted by Gasteiger charge is -2.11. The van der Waals surface area contributed by atoms with Crippen LogP contribution in [0.25, 0.3) is 0 Å². The number of hydrogen-bond donors (Lipinski definition) is 1. The second-order valence-electron chi connectivity index (χ2n) is 4.16. The van der Waals surface area contributed by atoms with E-state index in [4.69, 9.17) is 9.84 Å². The van der Waals surface area contributed by atoms with Gasteiger partial charge in [0.25, 0.3) is 0 Å². The molecule has 5 heteroatoms. The summed E-state index contributed by atoms with van der Waals surface area (Å²) in [5.74, 6) is -0.573. The van der Waals surface area contributed by atoms with Crippen LogP contribution in [0.2, 0.25) is 0 Å². The van der Waals surface area contributed by atoms with Gasteiger partial charge >= 0.3 is 12.0 Å². The van der Waals surface area contributed by atoms with Gasteiger partial charge in [-0.1, -0.05) is 20.3 Å². The van der Waals surface area contributed by atoms with Crippen molar-refractivity contribution in [2.24, 2.45) is 5.92 Å². The van der Waals surface area contributed by atoms with Gasteiger partial charge in [0.1, 0.15) is 0 Å². The number of aromatic carboxylic acids is 1. The SMILES string of the molecule is CCCC(C)COc1ncc(C(=O)O)c(C)n1. The van der Waals surface area contributed by atoms with Crippen molar-refractivity contribution in [3.63, 3.8) is 0 Å². The minimum atomic E-state index is -1.02. The molecule has 0 radical (unpaired) electrons. The highest BCUT2D eigenvalue weighted by Crippen LogP contribution is 2.11. The molecule has 0 aliphatic heterocycles. The molecule has 1 N–H and O–H groups in total. The highest BCUT2D eigenvalue weighted by atomic mass is 16.5. The number of carboxylic acid groups (broad SMARTS) is 1. The van der Waals surface area contributed by atoms with Crippen LogP contribution in [-0.2, 0) is 0 Å². The molecule has 17 heavy (non-hydrogen) atoms. The van der Waals surface area contributed by atoms with E-state index in [1.807, 2.05) is 0 Å². The molecule has 0 fully saturated rings. The largest absolute Gasteiger partial charge is 0.478 e. The van der Waals surface area contributed by atoms with Crippen molar-refractivity contribution in [3.05, 3.63) is 17.5 Å². The fourth-order valence-corrected chi connectivity index (χ4v) is 1.52. The third-order valence-corrected chi connectivity index (χ3v) is 2.47. The normalized spacial score (nSPS) is 12.2. The van der Waals surface area contributed by atoms with E-state index >= 15 is 0 Å². The first-order valence-corrected chi connectivity index (χ1v) is 5.74. The average molecular weight is 238 g/mol. The standard InChI is InChI=1S/C12H18N2O3/c1-4-5-8(2)7-17-12-13-6-10(11(15)16)9(3)14-12/h6,8H,4-5,7H2,1-3H3,(H,15,16). The van der Waals surface area contributed by atoms with E-state index in [2.05, 4.69) is 23.8 Å². The maximum atomic E-state index is 10.8. The van der Waals surface area contributed by atoms with Crippen LogP contribution in [-0.4, -0.2) is 27.7 Å². The molecule has 94 valence electrons. The van der Waals surface area contributed by atoms with Gasteiger partial charge in [0, 0.05) is 6.20 Å². The molecule has 0 aliphatic rings. The highest BCUT2D eigenvalue weighted by molar-refractivity contribution is 5.88. The van der Waals surface area contributed by atoms with Gasteiger partial charge in [0.05, 0.1) is 17.9 Å². The molecule has 0 saturated carbocycles. The van der Waals surface area contributed by atoms with Crippen molar-refractivity contribution in [2.75, 3.05) is 6.61 Å². The zero-order chi connectivity index (χ0) is 12.8. The summed E-state index contributed by atoms with van der Waals surface area (Å²) in [6, 6.07) is 0.246. The molecule has 1 atom stereocenters. The van der Waals surface area contributed by atoms with Crippen LogP contribution in [0.4, 0.5) is 0 Å². The van der Waals surface area contributed by atoms with Crippen LogP contribution in [0, 0.1) is 12.8 Å². The minimum absolute atomic E-state index is 0.110. The average Bonchev–Trinajstić information content (AvgIpc) is 2.26.